The zero-order chi connectivity index (χ0) is 101. The van der Waals surface area contributed by atoms with Crippen LogP contribution >= 0.6 is 34.8 Å². The molecule has 3 amide bonds. The van der Waals surface area contributed by atoms with Gasteiger partial charge in [-0.15, -0.1) is 0 Å². The maximum atomic E-state index is 15.1. The van der Waals surface area contributed by atoms with Crippen LogP contribution in [0.2, 0.25) is 15.1 Å². The minimum absolute atomic E-state index is 0.00153. The van der Waals surface area contributed by atoms with E-state index in [2.05, 4.69) is 77.1 Å². The monoisotopic (exact) mass is 1960 g/mol. The third-order valence-electron chi connectivity index (χ3n) is 29.0. The van der Waals surface area contributed by atoms with Gasteiger partial charge in [-0.05, 0) is 186 Å². The number of fused-ring (bicyclic) bond motifs is 18. The molecule has 18 heterocycles. The number of aryl methyl sites for hydroxylation is 9. The van der Waals surface area contributed by atoms with Gasteiger partial charge in [-0.2, -0.15) is 0 Å². The number of nitrogens with one attached hydrogen (secondary N) is 3. The summed E-state index contributed by atoms with van der Waals surface area (Å²) in [5.41, 5.74) is 20.4. The number of carbonyl (C=O) groups excluding carboxylic acids is 3. The maximum Gasteiger partial charge on any atom is 0.326 e. The number of nitrogens with zero attached hydrogens (tertiary/aromatic N) is 19. The van der Waals surface area contributed by atoms with Crippen LogP contribution in [0.1, 0.15) is 136 Å². The van der Waals surface area contributed by atoms with Crippen LogP contribution < -0.4 is 58.1 Å². The zero-order valence-corrected chi connectivity index (χ0v) is 84.6. The average molecular weight is 1960 g/mol. The van der Waals surface area contributed by atoms with Crippen LogP contribution in [0.3, 0.4) is 0 Å². The number of ether oxygens (including phenoxy) is 1. The van der Waals surface area contributed by atoms with Crippen molar-refractivity contribution < 1.29 is 19.1 Å². The molecule has 3 aromatic carbocycles. The molecular weight excluding hydrogens is 1850 g/mol. The summed E-state index contributed by atoms with van der Waals surface area (Å²) in [5, 5.41) is 3.28. The van der Waals surface area contributed by atoms with Crippen LogP contribution in [0.5, 0.6) is 5.75 Å². The van der Waals surface area contributed by atoms with Crippen LogP contribution in [0, 0.1) is 41.5 Å². The number of likely N-dealkylation sites (N-methyl/N-ethyl adjacent to an activating group) is 1. The molecule has 0 bridgehead atoms. The average Bonchev–Trinajstić information content (AvgIpc) is 1.26. The van der Waals surface area contributed by atoms with Gasteiger partial charge in [0.1, 0.15) is 23.6 Å². The molecule has 6 unspecified atom stereocenters. The van der Waals surface area contributed by atoms with E-state index in [1.54, 1.807) is 72.0 Å². The van der Waals surface area contributed by atoms with Gasteiger partial charge < -0.3 is 54.0 Å². The lowest BCUT2D eigenvalue weighted by molar-refractivity contribution is -0.129. The number of carbonyl (C=O) groups is 3. The summed E-state index contributed by atoms with van der Waals surface area (Å²) in [6.45, 7) is 44.9. The number of benzene rings is 3. The molecule has 35 heteroatoms. The zero-order valence-electron chi connectivity index (χ0n) is 82.3. The molecule has 6 aliphatic heterocycles. The van der Waals surface area contributed by atoms with E-state index in [1.165, 1.54) is 18.2 Å². The van der Waals surface area contributed by atoms with Crippen molar-refractivity contribution in [3.63, 3.8) is 0 Å². The third kappa shape index (κ3) is 15.3. The first kappa shape index (κ1) is 95.4. The van der Waals surface area contributed by atoms with Crippen LogP contribution in [0.4, 0.5) is 22.7 Å². The van der Waals surface area contributed by atoms with Gasteiger partial charge in [0.2, 0.25) is 23.5 Å². The highest BCUT2D eigenvalue weighted by atomic mass is 35.5. The van der Waals surface area contributed by atoms with E-state index >= 15 is 4.79 Å². The lowest BCUT2D eigenvalue weighted by Gasteiger charge is -2.51. The second-order valence-corrected chi connectivity index (χ2v) is 40.3. The molecule has 3 N–H and O–H groups in total. The second kappa shape index (κ2) is 36.0. The van der Waals surface area contributed by atoms with Crippen LogP contribution in [0.15, 0.2) is 158 Å². The number of hydrogen-bond donors (Lipinski definition) is 3. The Morgan fingerprint density at radius 3 is 1.11 bits per heavy atom. The first-order valence-corrected chi connectivity index (χ1v) is 48.5. The van der Waals surface area contributed by atoms with E-state index in [0.717, 1.165) is 78.2 Å². The minimum atomic E-state index is -0.356. The normalized spacial score (nSPS) is 17.7. The van der Waals surface area contributed by atoms with Gasteiger partial charge in [-0.1, -0.05) is 114 Å². The number of aromatic amines is 3. The minimum Gasteiger partial charge on any atom is -0.484 e. The summed E-state index contributed by atoms with van der Waals surface area (Å²) in [5.74, 6) is -0.102. The second-order valence-electron chi connectivity index (χ2n) is 39.1. The Labute approximate surface area is 826 Å². The topological polar surface area (TPSA) is 340 Å². The quantitative estimate of drug-likeness (QED) is 0.0957. The van der Waals surface area contributed by atoms with Gasteiger partial charge in [0, 0.05) is 156 Å². The fourth-order valence-corrected chi connectivity index (χ4v) is 22.8. The Kier molecular flexibility index (Phi) is 24.4. The van der Waals surface area contributed by atoms with Crippen LogP contribution in [0.25, 0.3) is 117 Å². The molecule has 15 aromatic rings. The molecule has 6 aliphatic rings. The van der Waals surface area contributed by atoms with E-state index in [4.69, 9.17) is 69.4 Å². The van der Waals surface area contributed by atoms with E-state index in [9.17, 15) is 38.4 Å². The summed E-state index contributed by atoms with van der Waals surface area (Å²) in [7, 11) is 7.06. The Balaban J connectivity index is 0.000000135. The standard InChI is InChI=1S/C36H39ClN8O3.C35H36ClN7O4.C35H36ClN7O3/c1-9-26(46)43-17-22-16-41(7)33-31(44(22)15-21(43)6)23-14-24(37)29(27-19(4)10-11-25-32(27)42(8)36(48)39-25)40-34(23)45(35(33)47)30-20(5)12-13-38-28(30)18(2)3;1-8-25(44)41-15-21-16-47-32-30(42(21)14-20(41)6)22-13-23(36)28(26-18(4)9-10-24-31(26)40(7)35(46)38-24)39-33(22)43(34(32)45)29-19(5)11-12-37-27(29)17(2)3;1-8-26(44)41-16-21-13-23-31(42(21)15-20(41)6)22-14-24(36)29(27-18(4)9-10-25-32(27)40(7)35(46)38-25)39-33(22)43(34(23)45)30-19(5)11-12-37-28(30)17(2)3/h9-14,18,21-22H,1,15-17H2,2-8H3,(H,39,48);8-13,17,20-21H,1,14-16H2,2-7H3,(H,38,46);8-12,14,17,20-21H,1,13,15-16H2,2-7H3,(H,38,46). The van der Waals surface area contributed by atoms with E-state index < -0.39 is 0 Å². The van der Waals surface area contributed by atoms with Crippen molar-refractivity contribution in [1.29, 1.82) is 0 Å². The molecule has 12 aromatic heterocycles. The number of imidazole rings is 3. The summed E-state index contributed by atoms with van der Waals surface area (Å²) in [6, 6.07) is 22.0. The molecule has 0 aliphatic carbocycles. The smallest absolute Gasteiger partial charge is 0.326 e. The van der Waals surface area contributed by atoms with Crippen molar-refractivity contribution in [2.75, 3.05) is 79.1 Å². The molecule has 32 nitrogen and oxygen atoms in total. The highest BCUT2D eigenvalue weighted by Gasteiger charge is 2.47. The van der Waals surface area contributed by atoms with E-state index in [1.807, 2.05) is 171 Å². The number of amides is 3. The molecule has 0 spiro atoms. The SMILES string of the molecule is C=CC(=O)N1CC2CN(C)c3c(c4cc(Cl)c(-c5c(C)ccc6[nH]c(=O)n(C)c56)nc4n(-c4c(C)ccnc4C(C)C)c3=O)N2CC1C.C=CC(=O)N1CC2COc3c(c4cc(Cl)c(-c5c(C)ccc6[nH]c(=O)n(C)c56)nc4n(-c4c(C)ccnc4C(C)C)c3=O)N2CC1C.C=CC(=O)N1CC2Cc3c(c4cc(Cl)c(-c5c(C)ccc6[nH]c(=O)n(C)c56)nc4n(-c4c(C)ccnc4C(C)C)c3=O)N2CC1C. The number of piperazine rings is 3. The fourth-order valence-electron chi connectivity index (χ4n) is 22.1. The van der Waals surface area contributed by atoms with Crippen molar-refractivity contribution in [1.82, 2.24) is 87.0 Å². The van der Waals surface area contributed by atoms with Gasteiger partial charge >= 0.3 is 22.6 Å². The Bertz CT molecular complexity index is 8330. The third-order valence-corrected chi connectivity index (χ3v) is 29.9. The molecular formula is C106H111Cl3N22O10. The number of H-pyrrole nitrogens is 3. The van der Waals surface area contributed by atoms with Gasteiger partial charge in [-0.25, -0.2) is 29.3 Å². The molecule has 3 saturated heterocycles. The molecule has 6 atom stereocenters. The van der Waals surface area contributed by atoms with Gasteiger partial charge in [0.25, 0.3) is 11.1 Å². The largest absolute Gasteiger partial charge is 0.484 e. The molecule has 0 radical (unpaired) electrons. The highest BCUT2D eigenvalue weighted by molar-refractivity contribution is 6.36. The van der Waals surface area contributed by atoms with Crippen molar-refractivity contribution >= 4 is 141 Å². The maximum absolute atomic E-state index is 15.1. The first-order chi connectivity index (χ1) is 67.2. The number of rotatable bonds is 12. The molecule has 141 heavy (non-hydrogen) atoms. The summed E-state index contributed by atoms with van der Waals surface area (Å²) < 4.78 is 16.0. The summed E-state index contributed by atoms with van der Waals surface area (Å²) in [6.07, 6.45) is 9.81. The van der Waals surface area contributed by atoms with Crippen LogP contribution in [-0.4, -0.2) is 200 Å². The molecule has 726 valence electrons. The fraction of sp³-hybridized carbons (Fsp3) is 0.349. The Morgan fingerprint density at radius 2 is 0.738 bits per heavy atom. The molecule has 21 rings (SSSR count). The number of halogens is 3. The van der Waals surface area contributed by atoms with E-state index in [-0.39, 0.29) is 118 Å². The van der Waals surface area contributed by atoms with Crippen molar-refractivity contribution in [2.24, 2.45) is 21.1 Å². The molecule has 3 fully saturated rings. The predicted molar refractivity (Wildman–Crippen MR) is 559 cm³/mol. The summed E-state index contributed by atoms with van der Waals surface area (Å²) in [4.78, 5) is 174. The lowest BCUT2D eigenvalue weighted by atomic mass is 9.98. The number of anilines is 4. The summed E-state index contributed by atoms with van der Waals surface area (Å²) >= 11 is 21.6. The Morgan fingerprint density at radius 1 is 0.404 bits per heavy atom. The number of pyridine rings is 9. The first-order valence-electron chi connectivity index (χ1n) is 47.4. The Hall–Kier alpha value is -14.5. The van der Waals surface area contributed by atoms with Crippen molar-refractivity contribution in [2.45, 2.75) is 164 Å². The number of aromatic nitrogens is 15. The molecule has 0 saturated carbocycles. The highest BCUT2D eigenvalue weighted by Crippen LogP contribution is 2.50. The predicted octanol–water partition coefficient (Wildman–Crippen LogP) is 15.2. The van der Waals surface area contributed by atoms with E-state index in [0.29, 0.717) is 185 Å². The van der Waals surface area contributed by atoms with Crippen LogP contribution in [-0.2, 0) is 41.9 Å². The van der Waals surface area contributed by atoms with Crippen molar-refractivity contribution in [3.8, 4) is 56.6 Å². The van der Waals surface area contributed by atoms with Gasteiger partial charge in [0.05, 0.1) is 135 Å². The van der Waals surface area contributed by atoms with Gasteiger partial charge in [0.15, 0.2) is 5.65 Å². The number of hydrogen-bond acceptors (Lipinski definition) is 20. The lowest BCUT2D eigenvalue weighted by Crippen LogP contribution is -2.64. The van der Waals surface area contributed by atoms with Gasteiger partial charge in [-0.3, -0.25) is 71.1 Å². The van der Waals surface area contributed by atoms with Crippen molar-refractivity contribution in [3.05, 3.63) is 263 Å².